The van der Waals surface area contributed by atoms with E-state index < -0.39 is 0 Å². The van der Waals surface area contributed by atoms with E-state index in [9.17, 15) is 0 Å². The number of rotatable bonds is 2. The van der Waals surface area contributed by atoms with Crippen molar-refractivity contribution in [2.24, 2.45) is 0 Å². The van der Waals surface area contributed by atoms with E-state index in [2.05, 4.69) is 13.8 Å². The molecule has 0 saturated carbocycles. The van der Waals surface area contributed by atoms with Crippen molar-refractivity contribution in [1.82, 2.24) is 0 Å². The molecule has 0 bridgehead atoms. The Morgan fingerprint density at radius 2 is 1.40 bits per heavy atom. The van der Waals surface area contributed by atoms with Crippen molar-refractivity contribution in [2.45, 2.75) is 38.9 Å². The van der Waals surface area contributed by atoms with E-state index >= 15 is 0 Å². The van der Waals surface area contributed by atoms with Crippen LogP contribution in [0.1, 0.15) is 26.7 Å². The molecule has 2 heteroatoms. The van der Waals surface area contributed by atoms with Crippen LogP contribution >= 0.6 is 0 Å². The number of hydrogen-bond acceptors (Lipinski definition) is 2. The highest BCUT2D eigenvalue weighted by atomic mass is 16.6. The van der Waals surface area contributed by atoms with Crippen molar-refractivity contribution in [1.29, 1.82) is 0 Å². The molecular formula is C8H16O2. The molecule has 2 nitrogen and oxygen atoms in total. The van der Waals surface area contributed by atoms with Gasteiger partial charge in [-0.2, -0.15) is 0 Å². The standard InChI is InChI=1S/C8H16O2/c1-3-7-5-10-8(4-2)6-9-7/h7-8H,3-6H2,1-2H3/t7-,8+. The largest absolute Gasteiger partial charge is 0.373 e. The van der Waals surface area contributed by atoms with E-state index in [4.69, 9.17) is 9.47 Å². The van der Waals surface area contributed by atoms with Crippen molar-refractivity contribution in [3.63, 3.8) is 0 Å². The SMILES string of the molecule is CC[C@@H]1CO[C@@H](CC)CO1. The predicted molar refractivity (Wildman–Crippen MR) is 40.1 cm³/mol. The zero-order valence-electron chi connectivity index (χ0n) is 6.80. The van der Waals surface area contributed by atoms with Gasteiger partial charge in [-0.15, -0.1) is 0 Å². The van der Waals surface area contributed by atoms with Crippen LogP contribution in [0.15, 0.2) is 0 Å². The molecule has 0 aliphatic carbocycles. The molecule has 1 fully saturated rings. The molecule has 0 unspecified atom stereocenters. The summed E-state index contributed by atoms with van der Waals surface area (Å²) >= 11 is 0. The van der Waals surface area contributed by atoms with Gasteiger partial charge in [0.15, 0.2) is 0 Å². The van der Waals surface area contributed by atoms with Gasteiger partial charge >= 0.3 is 0 Å². The van der Waals surface area contributed by atoms with Crippen LogP contribution in [-0.4, -0.2) is 25.4 Å². The summed E-state index contributed by atoms with van der Waals surface area (Å²) in [5.74, 6) is 0. The fraction of sp³-hybridized carbons (Fsp3) is 1.00. The third-order valence-electron chi connectivity index (χ3n) is 1.95. The van der Waals surface area contributed by atoms with Crippen molar-refractivity contribution in [3.8, 4) is 0 Å². The van der Waals surface area contributed by atoms with E-state index in [1.54, 1.807) is 0 Å². The summed E-state index contributed by atoms with van der Waals surface area (Å²) in [6.45, 7) is 5.82. The Balaban J connectivity index is 2.17. The molecule has 0 aromatic rings. The predicted octanol–water partition coefficient (Wildman–Crippen LogP) is 1.59. The summed E-state index contributed by atoms with van der Waals surface area (Å²) < 4.78 is 11.0. The molecule has 1 saturated heterocycles. The Bertz CT molecular complexity index is 73.3. The molecule has 10 heavy (non-hydrogen) atoms. The molecular weight excluding hydrogens is 128 g/mol. The van der Waals surface area contributed by atoms with Gasteiger partial charge in [0.25, 0.3) is 0 Å². The van der Waals surface area contributed by atoms with Crippen molar-refractivity contribution < 1.29 is 9.47 Å². The van der Waals surface area contributed by atoms with Crippen molar-refractivity contribution in [3.05, 3.63) is 0 Å². The molecule has 0 spiro atoms. The Morgan fingerprint density at radius 1 is 1.00 bits per heavy atom. The maximum absolute atomic E-state index is 5.51. The van der Waals surface area contributed by atoms with Gasteiger partial charge < -0.3 is 9.47 Å². The highest BCUT2D eigenvalue weighted by Gasteiger charge is 2.18. The normalized spacial score (nSPS) is 34.2. The lowest BCUT2D eigenvalue weighted by molar-refractivity contribution is -0.133. The minimum atomic E-state index is 0.350. The highest BCUT2D eigenvalue weighted by Crippen LogP contribution is 2.11. The van der Waals surface area contributed by atoms with Gasteiger partial charge in [0.2, 0.25) is 0 Å². The lowest BCUT2D eigenvalue weighted by Gasteiger charge is -2.28. The highest BCUT2D eigenvalue weighted by molar-refractivity contribution is 4.64. The van der Waals surface area contributed by atoms with Crippen LogP contribution in [0, 0.1) is 0 Å². The quantitative estimate of drug-likeness (QED) is 0.586. The second-order valence-corrected chi connectivity index (χ2v) is 2.73. The van der Waals surface area contributed by atoms with E-state index in [1.165, 1.54) is 0 Å². The van der Waals surface area contributed by atoms with Gasteiger partial charge in [0, 0.05) is 0 Å². The molecule has 2 atom stereocenters. The molecule has 0 aromatic carbocycles. The van der Waals surface area contributed by atoms with Crippen molar-refractivity contribution in [2.75, 3.05) is 13.2 Å². The Morgan fingerprint density at radius 3 is 1.60 bits per heavy atom. The lowest BCUT2D eigenvalue weighted by atomic mass is 10.2. The summed E-state index contributed by atoms with van der Waals surface area (Å²) in [7, 11) is 0. The van der Waals surface area contributed by atoms with E-state index in [-0.39, 0.29) is 0 Å². The summed E-state index contributed by atoms with van der Waals surface area (Å²) in [4.78, 5) is 0. The van der Waals surface area contributed by atoms with Gasteiger partial charge in [-0.1, -0.05) is 13.8 Å². The molecule has 0 aromatic heterocycles. The summed E-state index contributed by atoms with van der Waals surface area (Å²) in [5, 5.41) is 0. The van der Waals surface area contributed by atoms with Gasteiger partial charge in [-0.3, -0.25) is 0 Å². The van der Waals surface area contributed by atoms with Gasteiger partial charge in [0.05, 0.1) is 25.4 Å². The average molecular weight is 144 g/mol. The molecule has 60 valence electrons. The number of ether oxygens (including phenoxy) is 2. The lowest BCUT2D eigenvalue weighted by Crippen LogP contribution is -2.34. The third kappa shape index (κ3) is 1.96. The first-order valence-electron chi connectivity index (χ1n) is 4.10. The Kier molecular flexibility index (Phi) is 3.16. The molecule has 1 aliphatic rings. The summed E-state index contributed by atoms with van der Waals surface area (Å²) in [6, 6.07) is 0. The Hall–Kier alpha value is -0.0800. The summed E-state index contributed by atoms with van der Waals surface area (Å²) in [6.07, 6.45) is 2.83. The van der Waals surface area contributed by atoms with Crippen LogP contribution in [0.3, 0.4) is 0 Å². The molecule has 0 radical (unpaired) electrons. The maximum atomic E-state index is 5.51. The first-order chi connectivity index (χ1) is 4.86. The first kappa shape index (κ1) is 8.02. The zero-order chi connectivity index (χ0) is 7.40. The topological polar surface area (TPSA) is 18.5 Å². The van der Waals surface area contributed by atoms with Gasteiger partial charge in [0.1, 0.15) is 0 Å². The second-order valence-electron chi connectivity index (χ2n) is 2.73. The average Bonchev–Trinajstić information content (AvgIpc) is 2.05. The van der Waals surface area contributed by atoms with E-state index in [1.807, 2.05) is 0 Å². The number of hydrogen-bond donors (Lipinski definition) is 0. The first-order valence-corrected chi connectivity index (χ1v) is 4.10. The van der Waals surface area contributed by atoms with Crippen LogP contribution < -0.4 is 0 Å². The smallest absolute Gasteiger partial charge is 0.0807 e. The van der Waals surface area contributed by atoms with Crippen molar-refractivity contribution >= 4 is 0 Å². The second kappa shape index (κ2) is 3.94. The van der Waals surface area contributed by atoms with Gasteiger partial charge in [-0.25, -0.2) is 0 Å². The Labute approximate surface area is 62.5 Å². The van der Waals surface area contributed by atoms with Crippen LogP contribution in [-0.2, 0) is 9.47 Å². The summed E-state index contributed by atoms with van der Waals surface area (Å²) in [5.41, 5.74) is 0. The van der Waals surface area contributed by atoms with E-state index in [0.29, 0.717) is 12.2 Å². The monoisotopic (exact) mass is 144 g/mol. The van der Waals surface area contributed by atoms with Crippen LogP contribution in [0.4, 0.5) is 0 Å². The van der Waals surface area contributed by atoms with Crippen LogP contribution in [0.25, 0.3) is 0 Å². The zero-order valence-corrected chi connectivity index (χ0v) is 6.80. The van der Waals surface area contributed by atoms with Gasteiger partial charge in [-0.05, 0) is 12.8 Å². The fourth-order valence-electron chi connectivity index (χ4n) is 1.05. The molecule has 1 heterocycles. The maximum Gasteiger partial charge on any atom is 0.0807 e. The fourth-order valence-corrected chi connectivity index (χ4v) is 1.05. The van der Waals surface area contributed by atoms with Crippen LogP contribution in [0.2, 0.25) is 0 Å². The van der Waals surface area contributed by atoms with Crippen LogP contribution in [0.5, 0.6) is 0 Å². The minimum absolute atomic E-state index is 0.350. The molecule has 0 N–H and O–H groups in total. The molecule has 1 rings (SSSR count). The molecule has 0 amide bonds. The minimum Gasteiger partial charge on any atom is -0.373 e. The molecule has 1 aliphatic heterocycles. The third-order valence-corrected chi connectivity index (χ3v) is 1.95. The van der Waals surface area contributed by atoms with E-state index in [0.717, 1.165) is 26.1 Å².